The first-order valence-electron chi connectivity index (χ1n) is 6.30. The molecule has 0 unspecified atom stereocenters. The smallest absolute Gasteiger partial charge is 0.233 e. The summed E-state index contributed by atoms with van der Waals surface area (Å²) in [6.07, 6.45) is 3.57. The molecule has 0 bridgehead atoms. The second-order valence-electron chi connectivity index (χ2n) is 5.25. The first kappa shape index (κ1) is 16.2. The van der Waals surface area contributed by atoms with Gasteiger partial charge in [0, 0.05) is 21.1 Å². The second kappa shape index (κ2) is 6.30. The van der Waals surface area contributed by atoms with E-state index in [2.05, 4.69) is 0 Å². The Balaban J connectivity index is 2.09. The molecule has 0 N–H and O–H groups in total. The number of ether oxygens (including phenoxy) is 1. The summed E-state index contributed by atoms with van der Waals surface area (Å²) in [6, 6.07) is 4.96. The Morgan fingerprint density at radius 2 is 1.85 bits per heavy atom. The van der Waals surface area contributed by atoms with E-state index < -0.39 is 14.5 Å². The van der Waals surface area contributed by atoms with Crippen LogP contribution in [0.1, 0.15) is 25.7 Å². The van der Waals surface area contributed by atoms with E-state index in [4.69, 9.17) is 38.6 Å². The number of hydrogen-bond acceptors (Lipinski definition) is 3. The molecule has 1 aliphatic carbocycles. The van der Waals surface area contributed by atoms with Crippen molar-refractivity contribution in [3.05, 3.63) is 28.2 Å². The average Bonchev–Trinajstić information content (AvgIpc) is 2.74. The maximum Gasteiger partial charge on any atom is 0.233 e. The summed E-state index contributed by atoms with van der Waals surface area (Å²) < 4.78 is 28.5. The zero-order chi connectivity index (χ0) is 14.8. The number of benzene rings is 1. The van der Waals surface area contributed by atoms with Gasteiger partial charge in [-0.25, -0.2) is 8.42 Å². The Bertz CT molecular complexity index is 581. The fraction of sp³-hybridized carbons (Fsp3) is 0.538. The summed E-state index contributed by atoms with van der Waals surface area (Å²) in [6.45, 7) is 0.292. The predicted octanol–water partition coefficient (Wildman–Crippen LogP) is 4.50. The quantitative estimate of drug-likeness (QED) is 0.729. The van der Waals surface area contributed by atoms with Crippen molar-refractivity contribution >= 4 is 42.9 Å². The summed E-state index contributed by atoms with van der Waals surface area (Å²) in [7, 11) is 1.86. The van der Waals surface area contributed by atoms with Crippen LogP contribution in [0, 0.1) is 5.41 Å². The van der Waals surface area contributed by atoms with Crippen LogP contribution < -0.4 is 4.74 Å². The van der Waals surface area contributed by atoms with Crippen LogP contribution in [0.5, 0.6) is 5.75 Å². The fourth-order valence-electron chi connectivity index (χ4n) is 2.64. The van der Waals surface area contributed by atoms with Gasteiger partial charge in [-0.1, -0.05) is 36.0 Å². The van der Waals surface area contributed by atoms with Crippen LogP contribution in [0.15, 0.2) is 18.2 Å². The molecular formula is C13H15Cl3O3S. The second-order valence-corrected chi connectivity index (χ2v) is 8.87. The summed E-state index contributed by atoms with van der Waals surface area (Å²) in [5, 5.41) is 0.945. The molecule has 0 aromatic heterocycles. The molecule has 0 radical (unpaired) electrons. The summed E-state index contributed by atoms with van der Waals surface area (Å²) in [5.41, 5.74) is -0.413. The molecule has 0 atom stereocenters. The maximum absolute atomic E-state index is 11.4. The van der Waals surface area contributed by atoms with Crippen molar-refractivity contribution in [1.29, 1.82) is 0 Å². The highest BCUT2D eigenvalue weighted by molar-refractivity contribution is 8.13. The number of hydrogen-bond donors (Lipinski definition) is 0. The van der Waals surface area contributed by atoms with Gasteiger partial charge in [0.05, 0.1) is 17.4 Å². The van der Waals surface area contributed by atoms with Gasteiger partial charge in [-0.15, -0.1) is 0 Å². The highest BCUT2D eigenvalue weighted by Gasteiger charge is 2.38. The van der Waals surface area contributed by atoms with Gasteiger partial charge in [0.2, 0.25) is 9.05 Å². The Morgan fingerprint density at radius 1 is 1.20 bits per heavy atom. The lowest BCUT2D eigenvalue weighted by Gasteiger charge is -2.27. The van der Waals surface area contributed by atoms with E-state index in [-0.39, 0.29) is 5.75 Å². The largest absolute Gasteiger partial charge is 0.491 e. The molecule has 2 rings (SSSR count). The summed E-state index contributed by atoms with van der Waals surface area (Å²) in [5.74, 6) is 0.446. The molecule has 0 saturated heterocycles. The summed E-state index contributed by atoms with van der Waals surface area (Å²) >= 11 is 11.9. The van der Waals surface area contributed by atoms with E-state index >= 15 is 0 Å². The van der Waals surface area contributed by atoms with Crippen LogP contribution in [-0.4, -0.2) is 20.8 Å². The molecule has 1 saturated carbocycles. The Kier molecular flexibility index (Phi) is 5.11. The molecule has 1 aromatic carbocycles. The molecule has 0 heterocycles. The third kappa shape index (κ3) is 4.42. The number of halogens is 3. The maximum atomic E-state index is 11.4. The van der Waals surface area contributed by atoms with Crippen molar-refractivity contribution < 1.29 is 13.2 Å². The van der Waals surface area contributed by atoms with Gasteiger partial charge in [0.1, 0.15) is 5.75 Å². The molecule has 112 valence electrons. The van der Waals surface area contributed by atoms with Crippen LogP contribution in [0.25, 0.3) is 0 Å². The van der Waals surface area contributed by atoms with E-state index in [0.717, 1.165) is 25.7 Å². The molecule has 0 amide bonds. The average molecular weight is 358 g/mol. The van der Waals surface area contributed by atoms with Crippen molar-refractivity contribution in [3.8, 4) is 5.75 Å². The highest BCUT2D eigenvalue weighted by atomic mass is 35.7. The van der Waals surface area contributed by atoms with Gasteiger partial charge < -0.3 is 4.74 Å². The van der Waals surface area contributed by atoms with Crippen LogP contribution >= 0.6 is 33.9 Å². The minimum atomic E-state index is -3.55. The van der Waals surface area contributed by atoms with Crippen LogP contribution in [0.3, 0.4) is 0 Å². The first-order valence-corrected chi connectivity index (χ1v) is 9.53. The highest BCUT2D eigenvalue weighted by Crippen LogP contribution is 2.41. The predicted molar refractivity (Wildman–Crippen MR) is 82.5 cm³/mol. The van der Waals surface area contributed by atoms with Crippen molar-refractivity contribution in [3.63, 3.8) is 0 Å². The lowest BCUT2D eigenvalue weighted by molar-refractivity contribution is 0.171. The molecular weight excluding hydrogens is 343 g/mol. The summed E-state index contributed by atoms with van der Waals surface area (Å²) in [4.78, 5) is 0. The molecule has 20 heavy (non-hydrogen) atoms. The van der Waals surface area contributed by atoms with Gasteiger partial charge in [-0.05, 0) is 31.0 Å². The van der Waals surface area contributed by atoms with Gasteiger partial charge in [0.25, 0.3) is 0 Å². The van der Waals surface area contributed by atoms with Crippen LogP contribution in [-0.2, 0) is 9.05 Å². The van der Waals surface area contributed by atoms with E-state index in [0.29, 0.717) is 22.4 Å². The van der Waals surface area contributed by atoms with Crippen molar-refractivity contribution in [1.82, 2.24) is 0 Å². The Labute approximate surface area is 133 Å². The van der Waals surface area contributed by atoms with Crippen molar-refractivity contribution in [2.75, 3.05) is 12.4 Å². The monoisotopic (exact) mass is 356 g/mol. The lowest BCUT2D eigenvalue weighted by atomic mass is 9.90. The van der Waals surface area contributed by atoms with Gasteiger partial charge in [0.15, 0.2) is 0 Å². The van der Waals surface area contributed by atoms with Crippen LogP contribution in [0.2, 0.25) is 10.0 Å². The third-order valence-electron chi connectivity index (χ3n) is 3.57. The van der Waals surface area contributed by atoms with Gasteiger partial charge in [-0.2, -0.15) is 0 Å². The zero-order valence-corrected chi connectivity index (χ0v) is 13.8. The molecule has 1 aliphatic rings. The van der Waals surface area contributed by atoms with E-state index in [1.54, 1.807) is 18.2 Å². The Morgan fingerprint density at radius 3 is 2.40 bits per heavy atom. The van der Waals surface area contributed by atoms with Gasteiger partial charge >= 0.3 is 0 Å². The topological polar surface area (TPSA) is 43.4 Å². The molecule has 7 heteroatoms. The zero-order valence-electron chi connectivity index (χ0n) is 10.7. The molecule has 0 aliphatic heterocycles. The Hall–Kier alpha value is -0.160. The van der Waals surface area contributed by atoms with E-state index in [1.807, 2.05) is 0 Å². The first-order chi connectivity index (χ1) is 9.30. The van der Waals surface area contributed by atoms with Crippen molar-refractivity contribution in [2.24, 2.45) is 5.41 Å². The molecule has 0 spiro atoms. The molecule has 1 fully saturated rings. The van der Waals surface area contributed by atoms with Crippen LogP contribution in [0.4, 0.5) is 0 Å². The third-order valence-corrected chi connectivity index (χ3v) is 5.39. The SMILES string of the molecule is O=S(=O)(Cl)CC1(COc2ccc(Cl)cc2Cl)CCCC1. The van der Waals surface area contributed by atoms with E-state index in [1.165, 1.54) is 0 Å². The minimum absolute atomic E-state index is 0.0627. The van der Waals surface area contributed by atoms with Gasteiger partial charge in [-0.3, -0.25) is 0 Å². The normalized spacial score (nSPS) is 18.1. The van der Waals surface area contributed by atoms with Crippen molar-refractivity contribution in [2.45, 2.75) is 25.7 Å². The molecule has 3 nitrogen and oxygen atoms in total. The standard InChI is InChI=1S/C13H15Cl3O3S/c14-10-3-4-12(11(15)7-10)19-8-13(5-1-2-6-13)9-20(16,17)18/h3-4,7H,1-2,5-6,8-9H2. The van der Waals surface area contributed by atoms with E-state index in [9.17, 15) is 8.42 Å². The lowest BCUT2D eigenvalue weighted by Crippen LogP contribution is -2.32. The fourth-order valence-corrected chi connectivity index (χ4v) is 4.91. The number of rotatable bonds is 5. The molecule has 1 aromatic rings. The minimum Gasteiger partial charge on any atom is -0.491 e.